The van der Waals surface area contributed by atoms with Crippen LogP contribution in [0.3, 0.4) is 0 Å². The zero-order chi connectivity index (χ0) is 14.8. The molecule has 1 saturated heterocycles. The minimum Gasteiger partial charge on any atom is -0.492 e. The molecule has 1 fully saturated rings. The average Bonchev–Trinajstić information content (AvgIpc) is 2.41. The molecule has 20 heavy (non-hydrogen) atoms. The van der Waals surface area contributed by atoms with Gasteiger partial charge in [-0.1, -0.05) is 15.9 Å². The van der Waals surface area contributed by atoms with E-state index in [9.17, 15) is 13.5 Å². The van der Waals surface area contributed by atoms with E-state index >= 15 is 0 Å². The van der Waals surface area contributed by atoms with Gasteiger partial charge in [0, 0.05) is 17.6 Å². The summed E-state index contributed by atoms with van der Waals surface area (Å²) in [5.74, 6) is 0.343. The summed E-state index contributed by atoms with van der Waals surface area (Å²) in [6.45, 7) is 2.77. The second-order valence-electron chi connectivity index (χ2n) is 4.68. The van der Waals surface area contributed by atoms with Gasteiger partial charge in [0.15, 0.2) is 0 Å². The van der Waals surface area contributed by atoms with E-state index in [1.54, 1.807) is 18.2 Å². The van der Waals surface area contributed by atoms with Crippen molar-refractivity contribution in [2.24, 2.45) is 0 Å². The Labute approximate surface area is 127 Å². The first-order chi connectivity index (χ1) is 9.45. The normalized spacial score (nSPS) is 20.9. The standard InChI is InChI=1S/C13H18BrNO4S/c1-2-19-12-6-5-10(14)8-13(12)20(17,18)15-7-3-4-11(16)9-15/h5-6,8,11,16H,2-4,7,9H2,1H3/t11-/m0/s1. The van der Waals surface area contributed by atoms with Gasteiger partial charge in [-0.05, 0) is 38.0 Å². The van der Waals surface area contributed by atoms with E-state index in [2.05, 4.69) is 15.9 Å². The Morgan fingerprint density at radius 1 is 1.50 bits per heavy atom. The van der Waals surface area contributed by atoms with E-state index in [1.165, 1.54) is 4.31 Å². The fraction of sp³-hybridized carbons (Fsp3) is 0.538. The van der Waals surface area contributed by atoms with Gasteiger partial charge in [-0.15, -0.1) is 0 Å². The van der Waals surface area contributed by atoms with Gasteiger partial charge in [-0.3, -0.25) is 0 Å². The highest BCUT2D eigenvalue weighted by molar-refractivity contribution is 9.10. The number of aliphatic hydroxyl groups excluding tert-OH is 1. The Morgan fingerprint density at radius 3 is 2.90 bits per heavy atom. The molecule has 112 valence electrons. The molecule has 0 spiro atoms. The van der Waals surface area contributed by atoms with E-state index in [-0.39, 0.29) is 11.4 Å². The third-order valence-corrected chi connectivity index (χ3v) is 5.56. The summed E-state index contributed by atoms with van der Waals surface area (Å²) in [4.78, 5) is 0.142. The molecule has 1 aromatic carbocycles. The smallest absolute Gasteiger partial charge is 0.246 e. The van der Waals surface area contributed by atoms with Crippen LogP contribution < -0.4 is 4.74 Å². The van der Waals surface area contributed by atoms with E-state index in [0.717, 1.165) is 0 Å². The Bertz CT molecular complexity index is 576. The minimum absolute atomic E-state index is 0.139. The topological polar surface area (TPSA) is 66.8 Å². The number of benzene rings is 1. The summed E-state index contributed by atoms with van der Waals surface area (Å²) < 4.78 is 32.8. The monoisotopic (exact) mass is 363 g/mol. The fourth-order valence-electron chi connectivity index (χ4n) is 2.24. The van der Waals surface area contributed by atoms with E-state index in [0.29, 0.717) is 36.2 Å². The van der Waals surface area contributed by atoms with Crippen LogP contribution in [-0.4, -0.2) is 43.6 Å². The number of piperidine rings is 1. The zero-order valence-corrected chi connectivity index (χ0v) is 13.7. The average molecular weight is 364 g/mol. The van der Waals surface area contributed by atoms with Crippen molar-refractivity contribution < 1.29 is 18.3 Å². The molecule has 1 aliphatic rings. The molecule has 0 amide bonds. The van der Waals surface area contributed by atoms with Gasteiger partial charge < -0.3 is 9.84 Å². The molecule has 7 heteroatoms. The van der Waals surface area contributed by atoms with Gasteiger partial charge in [0.25, 0.3) is 0 Å². The summed E-state index contributed by atoms with van der Waals surface area (Å²) in [6.07, 6.45) is 0.711. The van der Waals surface area contributed by atoms with E-state index in [4.69, 9.17) is 4.74 Å². The Kier molecular flexibility index (Phi) is 5.06. The molecule has 1 N–H and O–H groups in total. The minimum atomic E-state index is -3.65. The van der Waals surface area contributed by atoms with Crippen LogP contribution >= 0.6 is 15.9 Å². The van der Waals surface area contributed by atoms with Crippen LogP contribution in [0.25, 0.3) is 0 Å². The highest BCUT2D eigenvalue weighted by Gasteiger charge is 2.31. The summed E-state index contributed by atoms with van der Waals surface area (Å²) in [5.41, 5.74) is 0. The number of ether oxygens (including phenoxy) is 1. The Morgan fingerprint density at radius 2 is 2.25 bits per heavy atom. The summed E-state index contributed by atoms with van der Waals surface area (Å²) >= 11 is 3.29. The SMILES string of the molecule is CCOc1ccc(Br)cc1S(=O)(=O)N1CCC[C@H](O)C1. The number of sulfonamides is 1. The molecule has 0 radical (unpaired) electrons. The van der Waals surface area contributed by atoms with Crippen molar-refractivity contribution in [3.63, 3.8) is 0 Å². The molecule has 5 nitrogen and oxygen atoms in total. The van der Waals surface area contributed by atoms with Crippen molar-refractivity contribution >= 4 is 26.0 Å². The molecule has 0 saturated carbocycles. The van der Waals surface area contributed by atoms with Crippen molar-refractivity contribution in [3.05, 3.63) is 22.7 Å². The second-order valence-corrected chi connectivity index (χ2v) is 7.51. The molecule has 1 atom stereocenters. The van der Waals surface area contributed by atoms with Gasteiger partial charge in [0.2, 0.25) is 10.0 Å². The highest BCUT2D eigenvalue weighted by Crippen LogP contribution is 2.31. The third-order valence-electron chi connectivity index (χ3n) is 3.18. The molecule has 0 aliphatic carbocycles. The van der Waals surface area contributed by atoms with Gasteiger partial charge in [0.05, 0.1) is 12.7 Å². The Hall–Kier alpha value is -0.630. The van der Waals surface area contributed by atoms with Gasteiger partial charge in [0.1, 0.15) is 10.6 Å². The molecule has 1 aliphatic heterocycles. The second kappa shape index (κ2) is 6.43. The highest BCUT2D eigenvalue weighted by atomic mass is 79.9. The summed E-state index contributed by atoms with van der Waals surface area (Å²) in [5, 5.41) is 9.67. The summed E-state index contributed by atoms with van der Waals surface area (Å²) in [6, 6.07) is 4.93. The van der Waals surface area contributed by atoms with Crippen molar-refractivity contribution in [2.45, 2.75) is 30.8 Å². The quantitative estimate of drug-likeness (QED) is 0.888. The first kappa shape index (κ1) is 15.8. The van der Waals surface area contributed by atoms with E-state index < -0.39 is 16.1 Å². The maximum Gasteiger partial charge on any atom is 0.246 e. The van der Waals surface area contributed by atoms with Crippen LogP contribution in [0.2, 0.25) is 0 Å². The van der Waals surface area contributed by atoms with Crippen LogP contribution in [0.4, 0.5) is 0 Å². The lowest BCUT2D eigenvalue weighted by Crippen LogP contribution is -2.42. The summed E-state index contributed by atoms with van der Waals surface area (Å²) in [7, 11) is -3.65. The first-order valence-corrected chi connectivity index (χ1v) is 8.79. The number of β-amino-alcohol motifs (C(OH)–C–C–N with tert-alkyl or cyclic N) is 1. The van der Waals surface area contributed by atoms with Gasteiger partial charge in [-0.2, -0.15) is 4.31 Å². The molecule has 1 heterocycles. The number of rotatable bonds is 4. The number of hydrogen-bond donors (Lipinski definition) is 1. The lowest BCUT2D eigenvalue weighted by molar-refractivity contribution is 0.108. The lowest BCUT2D eigenvalue weighted by Gasteiger charge is -2.29. The fourth-order valence-corrected chi connectivity index (χ4v) is 4.42. The molecular formula is C13H18BrNO4S. The van der Waals surface area contributed by atoms with Crippen molar-refractivity contribution in [2.75, 3.05) is 19.7 Å². The predicted octanol–water partition coefficient (Wildman–Crippen LogP) is 1.99. The number of aliphatic hydroxyl groups is 1. The van der Waals surface area contributed by atoms with Gasteiger partial charge in [-0.25, -0.2) is 8.42 Å². The molecule has 1 aromatic rings. The van der Waals surface area contributed by atoms with Crippen LogP contribution in [-0.2, 0) is 10.0 Å². The van der Waals surface area contributed by atoms with Crippen LogP contribution in [0.5, 0.6) is 5.75 Å². The van der Waals surface area contributed by atoms with Crippen molar-refractivity contribution in [1.29, 1.82) is 0 Å². The molecule has 0 aromatic heterocycles. The first-order valence-electron chi connectivity index (χ1n) is 6.55. The van der Waals surface area contributed by atoms with Crippen molar-refractivity contribution in [1.82, 2.24) is 4.31 Å². The van der Waals surface area contributed by atoms with Crippen LogP contribution in [0.1, 0.15) is 19.8 Å². The zero-order valence-electron chi connectivity index (χ0n) is 11.3. The number of nitrogens with zero attached hydrogens (tertiary/aromatic N) is 1. The predicted molar refractivity (Wildman–Crippen MR) is 79.3 cm³/mol. The van der Waals surface area contributed by atoms with Crippen LogP contribution in [0.15, 0.2) is 27.6 Å². The maximum absolute atomic E-state index is 12.7. The molecule has 0 bridgehead atoms. The Balaban J connectivity index is 2.40. The molecular weight excluding hydrogens is 346 g/mol. The number of hydrogen-bond acceptors (Lipinski definition) is 4. The van der Waals surface area contributed by atoms with Crippen molar-refractivity contribution in [3.8, 4) is 5.75 Å². The molecule has 2 rings (SSSR count). The third kappa shape index (κ3) is 3.33. The van der Waals surface area contributed by atoms with Gasteiger partial charge >= 0.3 is 0 Å². The number of halogens is 1. The lowest BCUT2D eigenvalue weighted by atomic mass is 10.1. The largest absolute Gasteiger partial charge is 0.492 e. The maximum atomic E-state index is 12.7. The van der Waals surface area contributed by atoms with E-state index in [1.807, 2.05) is 6.92 Å². The van der Waals surface area contributed by atoms with Crippen LogP contribution in [0, 0.1) is 0 Å². The molecule has 0 unspecified atom stereocenters.